The number of aliphatic hydroxyl groups excluding tert-OH is 1. The molecule has 2 N–H and O–H groups in total. The molecule has 0 aromatic carbocycles. The molecule has 11 heavy (non-hydrogen) atoms. The molecule has 0 saturated heterocycles. The normalized spacial score (nSPS) is 12.2. The van der Waals surface area contributed by atoms with E-state index in [0.29, 0.717) is 5.96 Å². The number of guanidine groups is 1. The van der Waals surface area contributed by atoms with E-state index in [-0.39, 0.29) is 6.73 Å². The largest absolute Gasteiger partial charge is 0.376 e. The van der Waals surface area contributed by atoms with E-state index in [2.05, 4.69) is 10.3 Å². The zero-order valence-corrected chi connectivity index (χ0v) is 7.20. The van der Waals surface area contributed by atoms with Gasteiger partial charge >= 0.3 is 0 Å². The Bertz CT molecular complexity index is 154. The quantitative estimate of drug-likeness (QED) is 0.336. The summed E-state index contributed by atoms with van der Waals surface area (Å²) >= 11 is 0. The molecule has 0 spiro atoms. The van der Waals surface area contributed by atoms with Crippen LogP contribution in [0.2, 0.25) is 0 Å². The van der Waals surface area contributed by atoms with Crippen LogP contribution in [0, 0.1) is 0 Å². The zero-order valence-electron chi connectivity index (χ0n) is 7.20. The topological polar surface area (TPSA) is 47.9 Å². The number of nitrogens with zero attached hydrogens (tertiary/aromatic N) is 2. The summed E-state index contributed by atoms with van der Waals surface area (Å²) in [6, 6.07) is 0. The van der Waals surface area contributed by atoms with Gasteiger partial charge in [0.05, 0.1) is 0 Å². The van der Waals surface area contributed by atoms with E-state index < -0.39 is 0 Å². The Balaban J connectivity index is 3.96. The van der Waals surface area contributed by atoms with Gasteiger partial charge in [0.2, 0.25) is 0 Å². The lowest BCUT2D eigenvalue weighted by atomic mass is 10.6. The summed E-state index contributed by atoms with van der Waals surface area (Å²) in [5, 5.41) is 11.6. The highest BCUT2D eigenvalue weighted by atomic mass is 16.3. The maximum atomic E-state index is 8.72. The standard InChI is InChI=1S/C7H15N3O/c1-4-5-9-7(8-2)10(3)6-11/h4-5,11H,6H2,1-3H3,(H,8,9)/b5-4+. The number of rotatable bonds is 2. The van der Waals surface area contributed by atoms with Crippen LogP contribution < -0.4 is 5.32 Å². The summed E-state index contributed by atoms with van der Waals surface area (Å²) in [6.45, 7) is 1.86. The van der Waals surface area contributed by atoms with E-state index in [9.17, 15) is 0 Å². The Labute approximate surface area is 67.2 Å². The molecule has 0 atom stereocenters. The first-order valence-corrected chi connectivity index (χ1v) is 3.42. The highest BCUT2D eigenvalue weighted by Gasteiger charge is 1.99. The van der Waals surface area contributed by atoms with Gasteiger partial charge in [-0.25, -0.2) is 0 Å². The first kappa shape index (κ1) is 9.97. The molecule has 0 bridgehead atoms. The smallest absolute Gasteiger partial charge is 0.199 e. The van der Waals surface area contributed by atoms with Crippen molar-refractivity contribution in [1.82, 2.24) is 10.2 Å². The van der Waals surface area contributed by atoms with Crippen LogP contribution in [-0.4, -0.2) is 36.8 Å². The van der Waals surface area contributed by atoms with Gasteiger partial charge in [0, 0.05) is 14.1 Å². The van der Waals surface area contributed by atoms with Crippen LogP contribution in [0.3, 0.4) is 0 Å². The van der Waals surface area contributed by atoms with Crippen molar-refractivity contribution >= 4 is 5.96 Å². The minimum atomic E-state index is -0.0444. The molecule has 0 rings (SSSR count). The lowest BCUT2D eigenvalue weighted by molar-refractivity contribution is 0.189. The van der Waals surface area contributed by atoms with Gasteiger partial charge in [-0.3, -0.25) is 4.99 Å². The van der Waals surface area contributed by atoms with Crippen LogP contribution in [0.15, 0.2) is 17.3 Å². The lowest BCUT2D eigenvalue weighted by Gasteiger charge is -2.16. The van der Waals surface area contributed by atoms with E-state index >= 15 is 0 Å². The van der Waals surface area contributed by atoms with E-state index in [1.54, 1.807) is 25.2 Å². The molecule has 4 nitrogen and oxygen atoms in total. The molecule has 0 heterocycles. The monoisotopic (exact) mass is 157 g/mol. The fourth-order valence-corrected chi connectivity index (χ4v) is 0.570. The van der Waals surface area contributed by atoms with Crippen LogP contribution in [0.4, 0.5) is 0 Å². The van der Waals surface area contributed by atoms with E-state index in [4.69, 9.17) is 5.11 Å². The summed E-state index contributed by atoms with van der Waals surface area (Å²) < 4.78 is 0. The SMILES string of the molecule is C/C=C/NC(=NC)N(C)CO. The second kappa shape index (κ2) is 5.73. The molecular formula is C7H15N3O. The van der Waals surface area contributed by atoms with Gasteiger partial charge in [-0.1, -0.05) is 6.08 Å². The van der Waals surface area contributed by atoms with Gasteiger partial charge in [0.15, 0.2) is 5.96 Å². The number of hydrogen-bond acceptors (Lipinski definition) is 2. The predicted molar refractivity (Wildman–Crippen MR) is 46.2 cm³/mol. The molecule has 0 aliphatic heterocycles. The molecule has 0 aliphatic rings. The number of aliphatic hydroxyl groups is 1. The van der Waals surface area contributed by atoms with Crippen LogP contribution in [0.5, 0.6) is 0 Å². The maximum Gasteiger partial charge on any atom is 0.199 e. The number of nitrogens with one attached hydrogen (secondary N) is 1. The van der Waals surface area contributed by atoms with Crippen molar-refractivity contribution in [3.05, 3.63) is 12.3 Å². The van der Waals surface area contributed by atoms with Crippen molar-refractivity contribution in [1.29, 1.82) is 0 Å². The molecule has 0 aromatic rings. The van der Waals surface area contributed by atoms with Crippen molar-refractivity contribution in [2.75, 3.05) is 20.8 Å². The number of allylic oxidation sites excluding steroid dienone is 1. The third-order valence-corrected chi connectivity index (χ3v) is 1.16. The highest BCUT2D eigenvalue weighted by Crippen LogP contribution is 1.81. The molecule has 0 radical (unpaired) electrons. The van der Waals surface area contributed by atoms with E-state index in [1.165, 1.54) is 0 Å². The van der Waals surface area contributed by atoms with Crippen molar-refractivity contribution in [3.8, 4) is 0 Å². The zero-order chi connectivity index (χ0) is 8.69. The molecule has 0 amide bonds. The molecule has 0 fully saturated rings. The Morgan fingerprint density at radius 3 is 2.73 bits per heavy atom. The Morgan fingerprint density at radius 2 is 2.36 bits per heavy atom. The highest BCUT2D eigenvalue weighted by molar-refractivity contribution is 5.80. The molecule has 0 aliphatic carbocycles. The van der Waals surface area contributed by atoms with Gasteiger partial charge < -0.3 is 15.3 Å². The van der Waals surface area contributed by atoms with Gasteiger partial charge in [-0.2, -0.15) is 0 Å². The first-order valence-electron chi connectivity index (χ1n) is 3.42. The van der Waals surface area contributed by atoms with Crippen LogP contribution in [0.25, 0.3) is 0 Å². The minimum absolute atomic E-state index is 0.0444. The van der Waals surface area contributed by atoms with E-state index in [1.807, 2.05) is 13.0 Å². The van der Waals surface area contributed by atoms with Crippen LogP contribution >= 0.6 is 0 Å². The van der Waals surface area contributed by atoms with Crippen molar-refractivity contribution < 1.29 is 5.11 Å². The fraction of sp³-hybridized carbons (Fsp3) is 0.571. The molecule has 0 aromatic heterocycles. The van der Waals surface area contributed by atoms with Gasteiger partial charge in [0.25, 0.3) is 0 Å². The average Bonchev–Trinajstić information content (AvgIpc) is 2.05. The van der Waals surface area contributed by atoms with Gasteiger partial charge in [0.1, 0.15) is 6.73 Å². The second-order valence-electron chi connectivity index (χ2n) is 2.03. The summed E-state index contributed by atoms with van der Waals surface area (Å²) in [4.78, 5) is 5.51. The van der Waals surface area contributed by atoms with Crippen molar-refractivity contribution in [2.24, 2.45) is 4.99 Å². The molecule has 0 unspecified atom stereocenters. The van der Waals surface area contributed by atoms with Crippen molar-refractivity contribution in [2.45, 2.75) is 6.92 Å². The summed E-state index contributed by atoms with van der Waals surface area (Å²) in [5.41, 5.74) is 0. The Hall–Kier alpha value is -1.03. The van der Waals surface area contributed by atoms with Crippen molar-refractivity contribution in [3.63, 3.8) is 0 Å². The second-order valence-corrected chi connectivity index (χ2v) is 2.03. The minimum Gasteiger partial charge on any atom is -0.376 e. The Kier molecular flexibility index (Phi) is 5.20. The van der Waals surface area contributed by atoms with E-state index in [0.717, 1.165) is 0 Å². The first-order chi connectivity index (χ1) is 5.26. The van der Waals surface area contributed by atoms with Crippen LogP contribution in [0.1, 0.15) is 6.92 Å². The molecule has 4 heteroatoms. The fourth-order valence-electron chi connectivity index (χ4n) is 0.570. The Morgan fingerprint density at radius 1 is 1.73 bits per heavy atom. The number of aliphatic imine (C=N–C) groups is 1. The lowest BCUT2D eigenvalue weighted by Crippen LogP contribution is -2.36. The number of hydrogen-bond donors (Lipinski definition) is 2. The predicted octanol–water partition coefficient (Wildman–Crippen LogP) is -0.0230. The summed E-state index contributed by atoms with van der Waals surface area (Å²) in [7, 11) is 3.41. The summed E-state index contributed by atoms with van der Waals surface area (Å²) in [6.07, 6.45) is 3.62. The van der Waals surface area contributed by atoms with Gasteiger partial charge in [-0.15, -0.1) is 0 Å². The molecule has 64 valence electrons. The van der Waals surface area contributed by atoms with Gasteiger partial charge in [-0.05, 0) is 13.1 Å². The summed E-state index contributed by atoms with van der Waals surface area (Å²) in [5.74, 6) is 0.644. The molecular weight excluding hydrogens is 142 g/mol. The molecule has 0 saturated carbocycles. The third kappa shape index (κ3) is 3.62. The maximum absolute atomic E-state index is 8.72. The van der Waals surface area contributed by atoms with Crippen LogP contribution in [-0.2, 0) is 0 Å². The average molecular weight is 157 g/mol. The third-order valence-electron chi connectivity index (χ3n) is 1.16.